The van der Waals surface area contributed by atoms with E-state index in [0.717, 1.165) is 32.1 Å². The van der Waals surface area contributed by atoms with E-state index in [0.29, 0.717) is 17.7 Å². The van der Waals surface area contributed by atoms with Crippen molar-refractivity contribution in [2.75, 3.05) is 13.2 Å². The number of amides is 2. The van der Waals surface area contributed by atoms with Gasteiger partial charge in [0.05, 0.1) is 0 Å². The highest BCUT2D eigenvalue weighted by atomic mass is 16.3. The first-order valence-electron chi connectivity index (χ1n) is 9.26. The fourth-order valence-corrected chi connectivity index (χ4v) is 3.54. The van der Waals surface area contributed by atoms with Gasteiger partial charge in [0.2, 0.25) is 0 Å². The summed E-state index contributed by atoms with van der Waals surface area (Å²) < 4.78 is 0. The van der Waals surface area contributed by atoms with Crippen LogP contribution in [0.15, 0.2) is 24.3 Å². The van der Waals surface area contributed by atoms with Crippen LogP contribution in [0.2, 0.25) is 0 Å². The SMILES string of the molecule is CC(C)NC(=O)c1ccc(C(=O)NCC2(CCO)CCCCC2)cc1. The monoisotopic (exact) mass is 346 g/mol. The van der Waals surface area contributed by atoms with Crippen molar-refractivity contribution < 1.29 is 14.7 Å². The molecule has 0 atom stereocenters. The minimum atomic E-state index is -0.133. The molecule has 0 unspecified atom stereocenters. The van der Waals surface area contributed by atoms with Crippen LogP contribution in [-0.2, 0) is 0 Å². The van der Waals surface area contributed by atoms with Gasteiger partial charge in [-0.15, -0.1) is 0 Å². The molecule has 1 aliphatic carbocycles. The van der Waals surface area contributed by atoms with Gasteiger partial charge in [0, 0.05) is 30.3 Å². The highest BCUT2D eigenvalue weighted by Gasteiger charge is 2.31. The number of benzene rings is 1. The smallest absolute Gasteiger partial charge is 0.251 e. The molecule has 1 aromatic rings. The zero-order valence-electron chi connectivity index (χ0n) is 15.3. The van der Waals surface area contributed by atoms with Gasteiger partial charge in [-0.3, -0.25) is 9.59 Å². The predicted molar refractivity (Wildman–Crippen MR) is 98.6 cm³/mol. The largest absolute Gasteiger partial charge is 0.396 e. The summed E-state index contributed by atoms with van der Waals surface area (Å²) >= 11 is 0. The van der Waals surface area contributed by atoms with Gasteiger partial charge in [0.1, 0.15) is 0 Å². The summed E-state index contributed by atoms with van der Waals surface area (Å²) in [4.78, 5) is 24.4. The van der Waals surface area contributed by atoms with E-state index < -0.39 is 0 Å². The molecule has 25 heavy (non-hydrogen) atoms. The van der Waals surface area contributed by atoms with Crippen LogP contribution >= 0.6 is 0 Å². The van der Waals surface area contributed by atoms with Crippen LogP contribution in [0, 0.1) is 5.41 Å². The molecule has 5 heteroatoms. The summed E-state index contributed by atoms with van der Waals surface area (Å²) in [5.41, 5.74) is 1.13. The third-order valence-corrected chi connectivity index (χ3v) is 5.01. The molecular weight excluding hydrogens is 316 g/mol. The second-order valence-electron chi connectivity index (χ2n) is 7.42. The minimum Gasteiger partial charge on any atom is -0.396 e. The van der Waals surface area contributed by atoms with Gasteiger partial charge in [-0.2, -0.15) is 0 Å². The molecule has 0 bridgehead atoms. The molecule has 1 aromatic carbocycles. The van der Waals surface area contributed by atoms with Crippen molar-refractivity contribution in [1.29, 1.82) is 0 Å². The highest BCUT2D eigenvalue weighted by Crippen LogP contribution is 2.38. The number of carbonyl (C=O) groups excluding carboxylic acids is 2. The number of nitrogens with one attached hydrogen (secondary N) is 2. The number of carbonyl (C=O) groups is 2. The first-order chi connectivity index (χ1) is 12.0. The standard InChI is InChI=1S/C20H30N2O3/c1-15(2)22-19(25)17-8-6-16(7-9-17)18(24)21-14-20(12-13-23)10-4-3-5-11-20/h6-9,15,23H,3-5,10-14H2,1-2H3,(H,21,24)(H,22,25). The van der Waals surface area contributed by atoms with E-state index in [1.165, 1.54) is 6.42 Å². The zero-order chi connectivity index (χ0) is 18.3. The summed E-state index contributed by atoms with van der Waals surface area (Å²) in [6, 6.07) is 6.80. The molecule has 5 nitrogen and oxygen atoms in total. The Bertz CT molecular complexity index is 570. The second-order valence-corrected chi connectivity index (χ2v) is 7.42. The van der Waals surface area contributed by atoms with Gasteiger partial charge in [-0.25, -0.2) is 0 Å². The van der Waals surface area contributed by atoms with E-state index in [9.17, 15) is 14.7 Å². The Morgan fingerprint density at radius 1 is 1.04 bits per heavy atom. The van der Waals surface area contributed by atoms with Crippen LogP contribution in [0.4, 0.5) is 0 Å². The van der Waals surface area contributed by atoms with Gasteiger partial charge in [0.25, 0.3) is 11.8 Å². The number of hydrogen-bond donors (Lipinski definition) is 3. The Labute approximate surface area is 150 Å². The lowest BCUT2D eigenvalue weighted by atomic mass is 9.72. The third-order valence-electron chi connectivity index (χ3n) is 5.01. The molecule has 0 heterocycles. The van der Waals surface area contributed by atoms with Crippen molar-refractivity contribution in [3.63, 3.8) is 0 Å². The lowest BCUT2D eigenvalue weighted by molar-refractivity contribution is 0.0867. The molecule has 0 radical (unpaired) electrons. The average Bonchev–Trinajstić information content (AvgIpc) is 2.60. The summed E-state index contributed by atoms with van der Waals surface area (Å²) in [5, 5.41) is 15.2. The van der Waals surface area contributed by atoms with E-state index in [1.807, 2.05) is 13.8 Å². The summed E-state index contributed by atoms with van der Waals surface area (Å²) in [6.45, 7) is 4.58. The summed E-state index contributed by atoms with van der Waals surface area (Å²) in [5.74, 6) is -0.259. The molecule has 0 saturated heterocycles. The lowest BCUT2D eigenvalue weighted by Crippen LogP contribution is -2.39. The van der Waals surface area contributed by atoms with Crippen molar-refractivity contribution in [3.05, 3.63) is 35.4 Å². The van der Waals surface area contributed by atoms with Gasteiger partial charge < -0.3 is 15.7 Å². The fraction of sp³-hybridized carbons (Fsp3) is 0.600. The van der Waals surface area contributed by atoms with E-state index in [1.54, 1.807) is 24.3 Å². The molecule has 2 amide bonds. The Balaban J connectivity index is 1.95. The van der Waals surface area contributed by atoms with Crippen LogP contribution < -0.4 is 10.6 Å². The molecule has 138 valence electrons. The van der Waals surface area contributed by atoms with Crippen LogP contribution in [0.25, 0.3) is 0 Å². The van der Waals surface area contributed by atoms with Crippen molar-refractivity contribution in [2.45, 2.75) is 58.4 Å². The van der Waals surface area contributed by atoms with Crippen LogP contribution in [-0.4, -0.2) is 36.1 Å². The van der Waals surface area contributed by atoms with E-state index >= 15 is 0 Å². The van der Waals surface area contributed by atoms with E-state index in [2.05, 4.69) is 10.6 Å². The van der Waals surface area contributed by atoms with Crippen LogP contribution in [0.3, 0.4) is 0 Å². The topological polar surface area (TPSA) is 78.4 Å². The van der Waals surface area contributed by atoms with Crippen LogP contribution in [0.1, 0.15) is 73.1 Å². The summed E-state index contributed by atoms with van der Waals surface area (Å²) in [7, 11) is 0. The molecule has 2 rings (SSSR count). The van der Waals surface area contributed by atoms with Crippen molar-refractivity contribution in [2.24, 2.45) is 5.41 Å². The molecule has 0 spiro atoms. The number of hydrogen-bond acceptors (Lipinski definition) is 3. The van der Waals surface area contributed by atoms with Crippen molar-refractivity contribution in [1.82, 2.24) is 10.6 Å². The molecule has 0 aromatic heterocycles. The Morgan fingerprint density at radius 3 is 2.12 bits per heavy atom. The maximum Gasteiger partial charge on any atom is 0.251 e. The Morgan fingerprint density at radius 2 is 1.60 bits per heavy atom. The molecule has 0 aliphatic heterocycles. The van der Waals surface area contributed by atoms with Gasteiger partial charge in [-0.1, -0.05) is 19.3 Å². The molecule has 3 N–H and O–H groups in total. The predicted octanol–water partition coefficient (Wildman–Crippen LogP) is 2.89. The van der Waals surface area contributed by atoms with Gasteiger partial charge in [0.15, 0.2) is 0 Å². The normalized spacial score (nSPS) is 16.5. The minimum absolute atomic E-state index is 0.0275. The number of aliphatic hydroxyl groups excluding tert-OH is 1. The highest BCUT2D eigenvalue weighted by molar-refractivity contribution is 5.97. The number of aliphatic hydroxyl groups is 1. The first kappa shape index (κ1) is 19.4. The molecular formula is C20H30N2O3. The first-order valence-corrected chi connectivity index (χ1v) is 9.26. The maximum atomic E-state index is 12.4. The van der Waals surface area contributed by atoms with Gasteiger partial charge in [-0.05, 0) is 62.8 Å². The second kappa shape index (κ2) is 8.99. The van der Waals surface area contributed by atoms with Crippen LogP contribution in [0.5, 0.6) is 0 Å². The average molecular weight is 346 g/mol. The number of rotatable bonds is 7. The van der Waals surface area contributed by atoms with E-state index in [4.69, 9.17) is 0 Å². The molecule has 1 aliphatic rings. The summed E-state index contributed by atoms with van der Waals surface area (Å²) in [6.07, 6.45) is 6.41. The fourth-order valence-electron chi connectivity index (χ4n) is 3.54. The van der Waals surface area contributed by atoms with Gasteiger partial charge >= 0.3 is 0 Å². The zero-order valence-corrected chi connectivity index (χ0v) is 15.3. The Hall–Kier alpha value is -1.88. The van der Waals surface area contributed by atoms with Crippen molar-refractivity contribution >= 4 is 11.8 Å². The quantitative estimate of drug-likeness (QED) is 0.710. The Kier molecular flexibility index (Phi) is 7.00. The third kappa shape index (κ3) is 5.56. The van der Waals surface area contributed by atoms with E-state index in [-0.39, 0.29) is 29.9 Å². The van der Waals surface area contributed by atoms with Crippen molar-refractivity contribution in [3.8, 4) is 0 Å². The molecule has 1 saturated carbocycles. The molecule has 1 fully saturated rings. The lowest BCUT2D eigenvalue weighted by Gasteiger charge is -2.37. The maximum absolute atomic E-state index is 12.4.